The summed E-state index contributed by atoms with van der Waals surface area (Å²) < 4.78 is 39.3. The number of methoxy groups -OCH3 is 1. The summed E-state index contributed by atoms with van der Waals surface area (Å²) in [4.78, 5) is 0.178. The Kier molecular flexibility index (Phi) is 5.57. The third kappa shape index (κ3) is 4.53. The van der Waals surface area contributed by atoms with Crippen LogP contribution in [0, 0.1) is 13.8 Å². The van der Waals surface area contributed by atoms with Gasteiger partial charge in [0.25, 0.3) is 0 Å². The second-order valence-corrected chi connectivity index (χ2v) is 7.84. The number of hydrogen-bond acceptors (Lipinski definition) is 6. The highest BCUT2D eigenvalue weighted by molar-refractivity contribution is 7.89. The number of aromatic nitrogens is 2. The fourth-order valence-electron chi connectivity index (χ4n) is 2.78. The van der Waals surface area contributed by atoms with E-state index >= 15 is 0 Å². The van der Waals surface area contributed by atoms with Gasteiger partial charge in [-0.2, -0.15) is 4.72 Å². The smallest absolute Gasteiger partial charge is 0.241 e. The fraction of sp³-hybridized carbons (Fsp3) is 0.263. The predicted molar refractivity (Wildman–Crippen MR) is 100.0 cm³/mol. The Hall–Kier alpha value is -2.71. The van der Waals surface area contributed by atoms with Crippen LogP contribution in [0.25, 0.3) is 0 Å². The van der Waals surface area contributed by atoms with E-state index < -0.39 is 16.1 Å². The van der Waals surface area contributed by atoms with E-state index in [2.05, 4.69) is 14.9 Å². The molecule has 3 rings (SSSR count). The zero-order valence-corrected chi connectivity index (χ0v) is 16.2. The molecule has 0 bridgehead atoms. The summed E-state index contributed by atoms with van der Waals surface area (Å²) in [6, 6.07) is 13.7. The first kappa shape index (κ1) is 19.1. The van der Waals surface area contributed by atoms with Gasteiger partial charge in [0.2, 0.25) is 21.8 Å². The van der Waals surface area contributed by atoms with E-state index in [1.54, 1.807) is 26.0 Å². The molecule has 0 spiro atoms. The Bertz CT molecular complexity index is 1020. The number of rotatable bonds is 7. The summed E-state index contributed by atoms with van der Waals surface area (Å²) >= 11 is 0. The van der Waals surface area contributed by atoms with Gasteiger partial charge in [-0.15, -0.1) is 10.2 Å². The van der Waals surface area contributed by atoms with Crippen LogP contribution >= 0.6 is 0 Å². The molecule has 0 aliphatic heterocycles. The van der Waals surface area contributed by atoms with Crippen molar-refractivity contribution in [2.24, 2.45) is 0 Å². The fourth-order valence-corrected chi connectivity index (χ4v) is 4.20. The zero-order chi connectivity index (χ0) is 19.4. The Balaban J connectivity index is 1.93. The quantitative estimate of drug-likeness (QED) is 0.670. The summed E-state index contributed by atoms with van der Waals surface area (Å²) in [5, 5.41) is 7.83. The van der Waals surface area contributed by atoms with Gasteiger partial charge in [0.1, 0.15) is 11.8 Å². The predicted octanol–water partition coefficient (Wildman–Crippen LogP) is 2.96. The second kappa shape index (κ2) is 7.89. The minimum Gasteiger partial charge on any atom is -0.497 e. The standard InChI is InChI=1S/C19H21N3O4S/c1-13-11-16(25-3)9-10-18(13)27(23,24)22-17(19-21-20-14(2)26-19)12-15-7-5-4-6-8-15/h4-11,17,22H,12H2,1-3H3. The molecule has 0 radical (unpaired) electrons. The third-order valence-electron chi connectivity index (χ3n) is 4.09. The molecule has 7 nitrogen and oxygen atoms in total. The van der Waals surface area contributed by atoms with Crippen molar-refractivity contribution in [2.45, 2.75) is 31.2 Å². The summed E-state index contributed by atoms with van der Waals surface area (Å²) in [6.07, 6.45) is 0.386. The average molecular weight is 387 g/mol. The number of aryl methyl sites for hydroxylation is 2. The molecule has 1 N–H and O–H groups in total. The molecular formula is C19H21N3O4S. The summed E-state index contributed by atoms with van der Waals surface area (Å²) in [7, 11) is -2.27. The molecule has 0 amide bonds. The van der Waals surface area contributed by atoms with E-state index in [1.165, 1.54) is 13.2 Å². The Morgan fingerprint density at radius 2 is 1.85 bits per heavy atom. The number of sulfonamides is 1. The van der Waals surface area contributed by atoms with E-state index in [4.69, 9.17) is 9.15 Å². The number of nitrogens with one attached hydrogen (secondary N) is 1. The molecule has 142 valence electrons. The maximum absolute atomic E-state index is 13.0. The minimum absolute atomic E-state index is 0.178. The lowest BCUT2D eigenvalue weighted by Crippen LogP contribution is -2.31. The molecule has 27 heavy (non-hydrogen) atoms. The number of benzene rings is 2. The molecule has 1 unspecified atom stereocenters. The van der Waals surface area contributed by atoms with Crippen molar-refractivity contribution < 1.29 is 17.6 Å². The SMILES string of the molecule is COc1ccc(S(=O)(=O)NC(Cc2ccccc2)c2nnc(C)o2)c(C)c1. The number of ether oxygens (including phenoxy) is 1. The van der Waals surface area contributed by atoms with Gasteiger partial charge >= 0.3 is 0 Å². The molecule has 1 atom stereocenters. The van der Waals surface area contributed by atoms with Crippen LogP contribution in [0.15, 0.2) is 57.8 Å². The Labute approximate surface area is 158 Å². The summed E-state index contributed by atoms with van der Waals surface area (Å²) in [6.45, 7) is 3.39. The molecule has 8 heteroatoms. The highest BCUT2D eigenvalue weighted by Crippen LogP contribution is 2.24. The van der Waals surface area contributed by atoms with Gasteiger partial charge in [-0.1, -0.05) is 30.3 Å². The lowest BCUT2D eigenvalue weighted by molar-refractivity contribution is 0.410. The topological polar surface area (TPSA) is 94.3 Å². The van der Waals surface area contributed by atoms with Crippen LogP contribution in [0.5, 0.6) is 5.75 Å². The van der Waals surface area contributed by atoms with Gasteiger partial charge in [0.15, 0.2) is 0 Å². The first-order valence-corrected chi connectivity index (χ1v) is 9.88. The highest BCUT2D eigenvalue weighted by atomic mass is 32.2. The maximum Gasteiger partial charge on any atom is 0.241 e. The van der Waals surface area contributed by atoms with Crippen LogP contribution < -0.4 is 9.46 Å². The minimum atomic E-state index is -3.81. The monoisotopic (exact) mass is 387 g/mol. The molecule has 1 heterocycles. The van der Waals surface area contributed by atoms with Crippen molar-refractivity contribution in [3.63, 3.8) is 0 Å². The van der Waals surface area contributed by atoms with Crippen molar-refractivity contribution in [1.82, 2.24) is 14.9 Å². The van der Waals surface area contributed by atoms with Gasteiger partial charge in [0, 0.05) is 6.92 Å². The molecule has 0 aliphatic rings. The molecule has 0 saturated heterocycles. The van der Waals surface area contributed by atoms with E-state index in [9.17, 15) is 8.42 Å². The molecule has 1 aromatic heterocycles. The van der Waals surface area contributed by atoms with Crippen molar-refractivity contribution in [2.75, 3.05) is 7.11 Å². The van der Waals surface area contributed by atoms with Crippen molar-refractivity contribution in [3.8, 4) is 5.75 Å². The van der Waals surface area contributed by atoms with Crippen LogP contribution in [-0.2, 0) is 16.4 Å². The Morgan fingerprint density at radius 1 is 1.11 bits per heavy atom. The van der Waals surface area contributed by atoms with E-state index in [0.29, 0.717) is 23.6 Å². The van der Waals surface area contributed by atoms with Crippen LogP contribution in [0.2, 0.25) is 0 Å². The average Bonchev–Trinajstić information content (AvgIpc) is 3.08. The van der Waals surface area contributed by atoms with Crippen molar-refractivity contribution >= 4 is 10.0 Å². The van der Waals surface area contributed by atoms with Gasteiger partial charge < -0.3 is 9.15 Å². The molecule has 0 fully saturated rings. The number of hydrogen-bond donors (Lipinski definition) is 1. The normalized spacial score (nSPS) is 12.7. The summed E-state index contributed by atoms with van der Waals surface area (Å²) in [5.74, 6) is 1.20. The van der Waals surface area contributed by atoms with Crippen LogP contribution in [0.4, 0.5) is 0 Å². The Morgan fingerprint density at radius 3 is 2.44 bits per heavy atom. The van der Waals surface area contributed by atoms with Gasteiger partial charge in [-0.25, -0.2) is 8.42 Å². The first-order valence-electron chi connectivity index (χ1n) is 8.40. The van der Waals surface area contributed by atoms with Crippen molar-refractivity contribution in [1.29, 1.82) is 0 Å². The van der Waals surface area contributed by atoms with E-state index in [0.717, 1.165) is 5.56 Å². The van der Waals surface area contributed by atoms with E-state index in [1.807, 2.05) is 30.3 Å². The molecule has 2 aromatic carbocycles. The molecule has 0 aliphatic carbocycles. The van der Waals surface area contributed by atoms with Gasteiger partial charge in [0.05, 0.1) is 12.0 Å². The van der Waals surface area contributed by atoms with Crippen LogP contribution in [-0.4, -0.2) is 25.7 Å². The largest absolute Gasteiger partial charge is 0.497 e. The third-order valence-corrected chi connectivity index (χ3v) is 5.72. The van der Waals surface area contributed by atoms with Gasteiger partial charge in [-0.3, -0.25) is 0 Å². The van der Waals surface area contributed by atoms with Gasteiger partial charge in [-0.05, 0) is 42.7 Å². The lowest BCUT2D eigenvalue weighted by Gasteiger charge is -2.17. The second-order valence-electron chi connectivity index (χ2n) is 6.15. The maximum atomic E-state index is 13.0. The molecular weight excluding hydrogens is 366 g/mol. The van der Waals surface area contributed by atoms with E-state index in [-0.39, 0.29) is 10.8 Å². The van der Waals surface area contributed by atoms with Crippen LogP contribution in [0.1, 0.15) is 29.0 Å². The first-order chi connectivity index (χ1) is 12.9. The highest BCUT2D eigenvalue weighted by Gasteiger charge is 2.27. The van der Waals surface area contributed by atoms with Crippen LogP contribution in [0.3, 0.4) is 0 Å². The summed E-state index contributed by atoms with van der Waals surface area (Å²) in [5.41, 5.74) is 1.54. The number of nitrogens with zero attached hydrogens (tertiary/aromatic N) is 2. The van der Waals surface area contributed by atoms with Crippen molar-refractivity contribution in [3.05, 3.63) is 71.4 Å². The lowest BCUT2D eigenvalue weighted by atomic mass is 10.1. The molecule has 3 aromatic rings. The zero-order valence-electron chi connectivity index (χ0n) is 15.3. The molecule has 0 saturated carbocycles.